The number of hydrogen-bond acceptors (Lipinski definition) is 9. The van der Waals surface area contributed by atoms with E-state index in [1.807, 2.05) is 4.41 Å². The largest absolute Gasteiger partial charge is 0.329 e. The van der Waals surface area contributed by atoms with E-state index in [4.69, 9.17) is 9.97 Å². The number of amides is 1. The van der Waals surface area contributed by atoms with Gasteiger partial charge in [-0.15, -0.1) is 4.41 Å². The molecule has 4 aliphatic rings. The second kappa shape index (κ2) is 7.95. The fourth-order valence-electron chi connectivity index (χ4n) is 4.64. The number of fused-ring (bicyclic) bond motifs is 1. The zero-order valence-electron chi connectivity index (χ0n) is 17.4. The molecule has 4 heterocycles. The number of hydrogen-bond donors (Lipinski definition) is 4. The maximum Gasteiger partial charge on any atom is 0.257 e. The first-order valence-corrected chi connectivity index (χ1v) is 12.1. The minimum atomic E-state index is -0.250. The van der Waals surface area contributed by atoms with E-state index >= 15 is 0 Å². The van der Waals surface area contributed by atoms with E-state index in [-0.39, 0.29) is 11.9 Å². The first-order valence-electron chi connectivity index (χ1n) is 11.1. The van der Waals surface area contributed by atoms with E-state index < -0.39 is 0 Å². The number of aryl methyl sites for hydroxylation is 1. The Morgan fingerprint density at radius 3 is 2.97 bits per heavy atom. The zero-order valence-corrected chi connectivity index (χ0v) is 18.2. The van der Waals surface area contributed by atoms with Crippen molar-refractivity contribution in [3.05, 3.63) is 23.0 Å². The van der Waals surface area contributed by atoms with Crippen LogP contribution in [0.5, 0.6) is 0 Å². The van der Waals surface area contributed by atoms with Crippen molar-refractivity contribution in [2.45, 2.75) is 56.9 Å². The van der Waals surface area contributed by atoms with Crippen molar-refractivity contribution in [3.8, 4) is 0 Å². The van der Waals surface area contributed by atoms with Gasteiger partial charge in [0, 0.05) is 29.8 Å². The highest BCUT2D eigenvalue weighted by atomic mass is 32.2. The average molecular weight is 442 g/mol. The lowest BCUT2D eigenvalue weighted by molar-refractivity contribution is -0.125. The Kier molecular flexibility index (Phi) is 4.96. The second-order valence-electron chi connectivity index (χ2n) is 8.65. The minimum absolute atomic E-state index is 0.00804. The van der Waals surface area contributed by atoms with Crippen LogP contribution in [0.3, 0.4) is 0 Å². The summed E-state index contributed by atoms with van der Waals surface area (Å²) in [6, 6.07) is 1.84. The topological polar surface area (TPSA) is 114 Å². The van der Waals surface area contributed by atoms with Crippen LogP contribution in [-0.4, -0.2) is 55.6 Å². The third-order valence-corrected chi connectivity index (χ3v) is 7.27. The van der Waals surface area contributed by atoms with Crippen LogP contribution in [-0.2, 0) is 17.6 Å². The van der Waals surface area contributed by atoms with Crippen LogP contribution in [0.4, 0.5) is 17.6 Å². The molecule has 0 radical (unpaired) electrons. The van der Waals surface area contributed by atoms with Gasteiger partial charge in [-0.25, -0.2) is 4.98 Å². The number of aromatic amines is 1. The molecular weight excluding hydrogens is 414 g/mol. The van der Waals surface area contributed by atoms with Crippen LogP contribution < -0.4 is 21.0 Å². The van der Waals surface area contributed by atoms with Gasteiger partial charge < -0.3 is 10.2 Å². The van der Waals surface area contributed by atoms with E-state index in [1.54, 1.807) is 11.9 Å². The fourth-order valence-corrected chi connectivity index (χ4v) is 5.32. The summed E-state index contributed by atoms with van der Waals surface area (Å²) in [6.07, 6.45) is 7.24. The molecule has 3 fully saturated rings. The van der Waals surface area contributed by atoms with Crippen molar-refractivity contribution in [1.82, 2.24) is 35.3 Å². The lowest BCUT2D eigenvalue weighted by Gasteiger charge is -2.26. The Morgan fingerprint density at radius 1 is 1.19 bits per heavy atom. The number of carbonyl (C=O) groups is 1. The van der Waals surface area contributed by atoms with Gasteiger partial charge in [0.2, 0.25) is 5.95 Å². The number of nitrogens with zero attached hydrogens (tertiary/aromatic N) is 5. The Hall–Kier alpha value is -2.37. The number of aromatic nitrogens is 4. The van der Waals surface area contributed by atoms with Crippen molar-refractivity contribution in [2.24, 2.45) is 0 Å². The van der Waals surface area contributed by atoms with Gasteiger partial charge in [-0.3, -0.25) is 20.6 Å². The van der Waals surface area contributed by atoms with Crippen LogP contribution in [0.1, 0.15) is 55.0 Å². The Bertz CT molecular complexity index is 985. The van der Waals surface area contributed by atoms with Gasteiger partial charge >= 0.3 is 0 Å². The summed E-state index contributed by atoms with van der Waals surface area (Å²) in [4.78, 5) is 24.8. The van der Waals surface area contributed by atoms with Crippen LogP contribution in [0, 0.1) is 0 Å². The van der Waals surface area contributed by atoms with Gasteiger partial charge in [0.05, 0.1) is 18.2 Å². The molecule has 2 aromatic heterocycles. The van der Waals surface area contributed by atoms with Gasteiger partial charge in [-0.1, -0.05) is 0 Å². The summed E-state index contributed by atoms with van der Waals surface area (Å²) in [6.45, 7) is 1.44. The molecule has 2 aliphatic carbocycles. The van der Waals surface area contributed by atoms with E-state index in [9.17, 15) is 4.79 Å². The SMILES string of the molecule is O=C(NN1CNCS1)C1CCCN1c1nc2c(c(Nc3cc(C4CC4)[nH]n3)n1)CCC2. The van der Waals surface area contributed by atoms with Crippen molar-refractivity contribution >= 4 is 35.4 Å². The molecule has 31 heavy (non-hydrogen) atoms. The normalized spacial score (nSPS) is 23.4. The molecule has 6 rings (SSSR count). The van der Waals surface area contributed by atoms with Crippen LogP contribution >= 0.6 is 11.9 Å². The molecule has 0 spiro atoms. The van der Waals surface area contributed by atoms with Gasteiger partial charge in [0.25, 0.3) is 5.91 Å². The van der Waals surface area contributed by atoms with Crippen molar-refractivity contribution in [3.63, 3.8) is 0 Å². The third kappa shape index (κ3) is 3.85. The number of rotatable bonds is 6. The van der Waals surface area contributed by atoms with E-state index in [1.165, 1.54) is 24.1 Å². The molecule has 1 unspecified atom stereocenters. The van der Waals surface area contributed by atoms with Gasteiger partial charge in [-0.2, -0.15) is 10.1 Å². The smallest absolute Gasteiger partial charge is 0.257 e. The van der Waals surface area contributed by atoms with Gasteiger partial charge in [-0.05, 0) is 56.9 Å². The van der Waals surface area contributed by atoms with Gasteiger partial charge in [0.15, 0.2) is 5.82 Å². The maximum atomic E-state index is 12.9. The number of H-pyrrole nitrogens is 1. The molecular formula is C20H27N9OS. The monoisotopic (exact) mass is 441 g/mol. The quantitative estimate of drug-likeness (QED) is 0.498. The molecule has 2 aliphatic heterocycles. The molecule has 1 amide bonds. The predicted octanol–water partition coefficient (Wildman–Crippen LogP) is 1.78. The summed E-state index contributed by atoms with van der Waals surface area (Å²) < 4.78 is 1.85. The molecule has 2 saturated heterocycles. The lowest BCUT2D eigenvalue weighted by Crippen LogP contribution is -2.48. The molecule has 2 aromatic rings. The van der Waals surface area contributed by atoms with Gasteiger partial charge in [0.1, 0.15) is 11.9 Å². The molecule has 11 heteroatoms. The van der Waals surface area contributed by atoms with Crippen LogP contribution in [0.15, 0.2) is 6.07 Å². The minimum Gasteiger partial charge on any atom is -0.329 e. The summed E-state index contributed by atoms with van der Waals surface area (Å²) in [5.74, 6) is 3.72. The molecule has 0 bridgehead atoms. The molecule has 4 N–H and O–H groups in total. The zero-order chi connectivity index (χ0) is 20.8. The van der Waals surface area contributed by atoms with Crippen molar-refractivity contribution < 1.29 is 4.79 Å². The standard InChI is InChI=1S/C20H27N9OS/c30-19(27-29-10-21-11-31-29)16-5-2-8-28(16)20-22-14-4-1-3-13(14)18(24-20)23-17-9-15(25-26-17)12-6-7-12/h9,12,16,21H,1-8,10-11H2,(H,27,30)(H2,22,23,24,25,26). The second-order valence-corrected chi connectivity index (χ2v) is 9.63. The lowest BCUT2D eigenvalue weighted by atomic mass is 10.2. The number of carbonyl (C=O) groups excluding carboxylic acids is 1. The third-order valence-electron chi connectivity index (χ3n) is 6.41. The van der Waals surface area contributed by atoms with Crippen molar-refractivity contribution in [2.75, 3.05) is 29.3 Å². The fraction of sp³-hybridized carbons (Fsp3) is 0.600. The molecule has 0 aromatic carbocycles. The van der Waals surface area contributed by atoms with Crippen LogP contribution in [0.2, 0.25) is 0 Å². The van der Waals surface area contributed by atoms with Crippen molar-refractivity contribution in [1.29, 1.82) is 0 Å². The predicted molar refractivity (Wildman–Crippen MR) is 119 cm³/mol. The molecule has 1 saturated carbocycles. The van der Waals surface area contributed by atoms with E-state index in [0.717, 1.165) is 61.9 Å². The molecule has 1 atom stereocenters. The highest BCUT2D eigenvalue weighted by Gasteiger charge is 2.35. The maximum absolute atomic E-state index is 12.9. The van der Waals surface area contributed by atoms with Crippen LogP contribution in [0.25, 0.3) is 0 Å². The summed E-state index contributed by atoms with van der Waals surface area (Å²) >= 11 is 1.58. The Balaban J connectivity index is 1.25. The number of anilines is 3. The molecule has 10 nitrogen and oxygen atoms in total. The highest BCUT2D eigenvalue weighted by molar-refractivity contribution is 7.97. The number of hydrazine groups is 1. The Labute approximate surface area is 185 Å². The summed E-state index contributed by atoms with van der Waals surface area (Å²) in [5.41, 5.74) is 6.48. The summed E-state index contributed by atoms with van der Waals surface area (Å²) in [7, 11) is 0. The highest BCUT2D eigenvalue weighted by Crippen LogP contribution is 2.40. The average Bonchev–Trinajstić information content (AvgIpc) is 3.27. The van der Waals surface area contributed by atoms with E-state index in [2.05, 4.69) is 37.2 Å². The first-order chi connectivity index (χ1) is 15.2. The summed E-state index contributed by atoms with van der Waals surface area (Å²) in [5, 5.41) is 14.2. The number of nitrogens with one attached hydrogen (secondary N) is 4. The Morgan fingerprint density at radius 2 is 2.13 bits per heavy atom. The molecule has 164 valence electrons. The van der Waals surface area contributed by atoms with E-state index in [0.29, 0.717) is 18.5 Å². The first kappa shape index (κ1) is 19.3.